The van der Waals surface area contributed by atoms with Crippen LogP contribution < -0.4 is 10.1 Å². The van der Waals surface area contributed by atoms with Crippen molar-refractivity contribution < 1.29 is 19.1 Å². The Morgan fingerprint density at radius 1 is 1.12 bits per heavy atom. The van der Waals surface area contributed by atoms with Gasteiger partial charge in [-0.25, -0.2) is 0 Å². The van der Waals surface area contributed by atoms with Crippen molar-refractivity contribution in [2.45, 2.75) is 13.3 Å². The molecule has 0 saturated carbocycles. The van der Waals surface area contributed by atoms with Gasteiger partial charge in [0, 0.05) is 5.02 Å². The van der Waals surface area contributed by atoms with Crippen LogP contribution in [-0.4, -0.2) is 31.6 Å². The van der Waals surface area contributed by atoms with Gasteiger partial charge in [-0.15, -0.1) is 0 Å². The molecule has 0 saturated heterocycles. The van der Waals surface area contributed by atoms with E-state index in [2.05, 4.69) is 5.32 Å². The number of hydrogen-bond donors (Lipinski definition) is 1. The highest BCUT2D eigenvalue weighted by Gasteiger charge is 2.08. The summed E-state index contributed by atoms with van der Waals surface area (Å²) in [6.45, 7) is 2.35. The Bertz CT molecular complexity index is 716. The van der Waals surface area contributed by atoms with Gasteiger partial charge in [0.2, 0.25) is 0 Å². The summed E-state index contributed by atoms with van der Waals surface area (Å²) < 4.78 is 10.5. The zero-order chi connectivity index (χ0) is 18.1. The summed E-state index contributed by atoms with van der Waals surface area (Å²) >= 11 is 5.78. The van der Waals surface area contributed by atoms with Crippen molar-refractivity contribution in [3.8, 4) is 5.75 Å². The molecule has 2 aromatic rings. The third-order valence-corrected chi connectivity index (χ3v) is 3.56. The number of benzene rings is 2. The molecule has 0 aromatic heterocycles. The van der Waals surface area contributed by atoms with Crippen LogP contribution >= 0.6 is 11.6 Å². The fraction of sp³-hybridized carbons (Fsp3) is 0.263. The number of carbonyl (C=O) groups is 2. The first kappa shape index (κ1) is 18.8. The fourth-order valence-corrected chi connectivity index (χ4v) is 2.21. The maximum atomic E-state index is 11.7. The Labute approximate surface area is 151 Å². The summed E-state index contributed by atoms with van der Waals surface area (Å²) in [7, 11) is 0. The van der Waals surface area contributed by atoms with E-state index in [1.54, 1.807) is 24.3 Å². The zero-order valence-electron chi connectivity index (χ0n) is 14.0. The van der Waals surface area contributed by atoms with Crippen molar-refractivity contribution in [1.29, 1.82) is 0 Å². The Morgan fingerprint density at radius 3 is 2.60 bits per heavy atom. The van der Waals surface area contributed by atoms with E-state index in [1.165, 1.54) is 0 Å². The Morgan fingerprint density at radius 2 is 1.88 bits per heavy atom. The van der Waals surface area contributed by atoms with Crippen molar-refractivity contribution in [2.75, 3.05) is 19.8 Å². The van der Waals surface area contributed by atoms with Crippen molar-refractivity contribution in [3.63, 3.8) is 0 Å². The Kier molecular flexibility index (Phi) is 7.29. The van der Waals surface area contributed by atoms with E-state index in [1.807, 2.05) is 31.2 Å². The molecule has 132 valence electrons. The number of nitrogens with one attached hydrogen (secondary N) is 1. The predicted octanol–water partition coefficient (Wildman–Crippen LogP) is 2.93. The van der Waals surface area contributed by atoms with E-state index >= 15 is 0 Å². The van der Waals surface area contributed by atoms with Gasteiger partial charge in [-0.1, -0.05) is 35.9 Å². The number of halogens is 1. The standard InChI is InChI=1S/C19H20ClNO4/c1-14-3-2-4-17(11-14)24-10-9-21-18(22)13-25-19(23)12-15-5-7-16(20)8-6-15/h2-8,11H,9-10,12-13H2,1H3,(H,21,22). The van der Waals surface area contributed by atoms with Crippen LogP contribution in [-0.2, 0) is 20.7 Å². The number of ether oxygens (including phenoxy) is 2. The van der Waals surface area contributed by atoms with E-state index in [0.717, 1.165) is 16.9 Å². The third-order valence-electron chi connectivity index (χ3n) is 3.31. The average Bonchev–Trinajstić information content (AvgIpc) is 2.59. The number of hydrogen-bond acceptors (Lipinski definition) is 4. The molecule has 0 radical (unpaired) electrons. The van der Waals surface area contributed by atoms with Gasteiger partial charge in [-0.3, -0.25) is 9.59 Å². The molecule has 1 amide bonds. The quantitative estimate of drug-likeness (QED) is 0.580. The van der Waals surface area contributed by atoms with Gasteiger partial charge >= 0.3 is 5.97 Å². The van der Waals surface area contributed by atoms with Crippen LogP contribution in [0.3, 0.4) is 0 Å². The normalized spacial score (nSPS) is 10.2. The van der Waals surface area contributed by atoms with Crippen molar-refractivity contribution in [2.24, 2.45) is 0 Å². The van der Waals surface area contributed by atoms with Crippen molar-refractivity contribution in [1.82, 2.24) is 5.32 Å². The molecule has 6 heteroatoms. The zero-order valence-corrected chi connectivity index (χ0v) is 14.7. The molecule has 0 aliphatic carbocycles. The molecule has 2 aromatic carbocycles. The van der Waals surface area contributed by atoms with E-state index in [0.29, 0.717) is 18.2 Å². The summed E-state index contributed by atoms with van der Waals surface area (Å²) in [5, 5.41) is 3.24. The summed E-state index contributed by atoms with van der Waals surface area (Å²) in [6, 6.07) is 14.5. The van der Waals surface area contributed by atoms with Crippen LogP contribution in [0.15, 0.2) is 48.5 Å². The number of rotatable bonds is 8. The molecule has 0 bridgehead atoms. The van der Waals surface area contributed by atoms with Gasteiger partial charge in [0.25, 0.3) is 5.91 Å². The van der Waals surface area contributed by atoms with E-state index in [-0.39, 0.29) is 18.9 Å². The summed E-state index contributed by atoms with van der Waals surface area (Å²) in [5.41, 5.74) is 1.88. The highest BCUT2D eigenvalue weighted by atomic mass is 35.5. The largest absolute Gasteiger partial charge is 0.492 e. The van der Waals surface area contributed by atoms with Gasteiger partial charge in [-0.05, 0) is 42.3 Å². The van der Waals surface area contributed by atoms with Gasteiger partial charge in [-0.2, -0.15) is 0 Å². The molecule has 0 heterocycles. The fourth-order valence-electron chi connectivity index (χ4n) is 2.08. The predicted molar refractivity (Wildman–Crippen MR) is 95.8 cm³/mol. The van der Waals surface area contributed by atoms with E-state index < -0.39 is 5.97 Å². The molecule has 0 unspecified atom stereocenters. The van der Waals surface area contributed by atoms with Crippen LogP contribution in [0.2, 0.25) is 5.02 Å². The van der Waals surface area contributed by atoms with Gasteiger partial charge < -0.3 is 14.8 Å². The molecule has 0 atom stereocenters. The minimum Gasteiger partial charge on any atom is -0.492 e. The lowest BCUT2D eigenvalue weighted by Crippen LogP contribution is -2.32. The average molecular weight is 362 g/mol. The minimum atomic E-state index is -0.464. The lowest BCUT2D eigenvalue weighted by molar-refractivity contribution is -0.147. The second kappa shape index (κ2) is 9.69. The van der Waals surface area contributed by atoms with Crippen LogP contribution in [0, 0.1) is 6.92 Å². The second-order valence-electron chi connectivity index (χ2n) is 5.48. The summed E-state index contributed by atoms with van der Waals surface area (Å²) in [5.74, 6) is -0.0746. The maximum absolute atomic E-state index is 11.7. The number of amides is 1. The van der Waals surface area contributed by atoms with Crippen LogP contribution in [0.4, 0.5) is 0 Å². The second-order valence-corrected chi connectivity index (χ2v) is 5.92. The minimum absolute atomic E-state index is 0.0981. The Hall–Kier alpha value is -2.53. The number of aryl methyl sites for hydroxylation is 1. The summed E-state index contributed by atoms with van der Waals surface area (Å²) in [6.07, 6.45) is 0.0981. The first-order chi connectivity index (χ1) is 12.0. The van der Waals surface area contributed by atoms with Crippen LogP contribution in [0.5, 0.6) is 5.75 Å². The molecule has 2 rings (SSSR count). The molecule has 0 aliphatic heterocycles. The van der Waals surface area contributed by atoms with Gasteiger partial charge in [0.05, 0.1) is 13.0 Å². The molecule has 1 N–H and O–H groups in total. The topological polar surface area (TPSA) is 64.6 Å². The molecule has 0 aliphatic rings. The molecule has 0 spiro atoms. The molecular formula is C19H20ClNO4. The lowest BCUT2D eigenvalue weighted by atomic mass is 10.1. The summed E-state index contributed by atoms with van der Waals surface area (Å²) in [4.78, 5) is 23.3. The highest BCUT2D eigenvalue weighted by molar-refractivity contribution is 6.30. The van der Waals surface area contributed by atoms with Crippen molar-refractivity contribution >= 4 is 23.5 Å². The van der Waals surface area contributed by atoms with E-state index in [9.17, 15) is 9.59 Å². The molecular weight excluding hydrogens is 342 g/mol. The Balaban J connectivity index is 1.60. The lowest BCUT2D eigenvalue weighted by Gasteiger charge is -2.09. The monoisotopic (exact) mass is 361 g/mol. The van der Waals surface area contributed by atoms with E-state index in [4.69, 9.17) is 21.1 Å². The number of esters is 1. The van der Waals surface area contributed by atoms with Crippen LogP contribution in [0.1, 0.15) is 11.1 Å². The molecule has 5 nitrogen and oxygen atoms in total. The third kappa shape index (κ3) is 7.27. The SMILES string of the molecule is Cc1cccc(OCCNC(=O)COC(=O)Cc2ccc(Cl)cc2)c1. The van der Waals surface area contributed by atoms with Crippen LogP contribution in [0.25, 0.3) is 0 Å². The highest BCUT2D eigenvalue weighted by Crippen LogP contribution is 2.12. The first-order valence-electron chi connectivity index (χ1n) is 7.89. The van der Waals surface area contributed by atoms with Crippen molar-refractivity contribution in [3.05, 3.63) is 64.7 Å². The van der Waals surface area contributed by atoms with Gasteiger partial charge in [0.1, 0.15) is 12.4 Å². The maximum Gasteiger partial charge on any atom is 0.310 e. The number of carbonyl (C=O) groups excluding carboxylic acids is 2. The first-order valence-corrected chi connectivity index (χ1v) is 8.27. The van der Waals surface area contributed by atoms with Gasteiger partial charge in [0.15, 0.2) is 6.61 Å². The smallest absolute Gasteiger partial charge is 0.310 e. The molecule has 0 fully saturated rings. The molecule has 25 heavy (non-hydrogen) atoms.